The molecule has 2 aromatic rings. The Morgan fingerprint density at radius 2 is 1.60 bits per heavy atom. The molecule has 3 N–H and O–H groups in total. The Morgan fingerprint density at radius 1 is 0.920 bits per heavy atom. The largest absolute Gasteiger partial charge is 0.346 e. The molecule has 1 aromatic heterocycles. The molecule has 0 aliphatic heterocycles. The summed E-state index contributed by atoms with van der Waals surface area (Å²) in [5.74, 6) is -0.297. The van der Waals surface area contributed by atoms with Gasteiger partial charge in [0, 0.05) is 11.9 Å². The molecule has 3 amide bonds. The monoisotopic (exact) mass is 340 g/mol. The van der Waals surface area contributed by atoms with E-state index >= 15 is 0 Å². The summed E-state index contributed by atoms with van der Waals surface area (Å²) in [5.41, 5.74) is 1.44. The molecule has 2 atom stereocenters. The number of para-hydroxylation sites is 1. The number of rotatable bonds is 6. The van der Waals surface area contributed by atoms with Gasteiger partial charge in [-0.2, -0.15) is 0 Å². The molecular formula is C19H24N4O2. The Bertz CT molecular complexity index is 689. The second kappa shape index (κ2) is 8.82. The molecule has 0 saturated heterocycles. The first-order valence-corrected chi connectivity index (χ1v) is 8.31. The predicted molar refractivity (Wildman–Crippen MR) is 98.0 cm³/mol. The minimum atomic E-state index is -0.644. The number of carbonyl (C=O) groups excluding carboxylic acids is 2. The van der Waals surface area contributed by atoms with Crippen LogP contribution in [0.15, 0.2) is 54.7 Å². The van der Waals surface area contributed by atoms with Gasteiger partial charge in [-0.05, 0) is 37.1 Å². The highest BCUT2D eigenvalue weighted by molar-refractivity contribution is 5.93. The van der Waals surface area contributed by atoms with Crippen molar-refractivity contribution >= 4 is 17.6 Å². The van der Waals surface area contributed by atoms with Crippen molar-refractivity contribution in [3.63, 3.8) is 0 Å². The molecule has 6 heteroatoms. The third kappa shape index (κ3) is 5.60. The van der Waals surface area contributed by atoms with Gasteiger partial charge in [-0.3, -0.25) is 9.78 Å². The van der Waals surface area contributed by atoms with Crippen LogP contribution in [0.4, 0.5) is 10.5 Å². The first-order chi connectivity index (χ1) is 12.0. The molecule has 0 saturated carbocycles. The fourth-order valence-electron chi connectivity index (χ4n) is 2.37. The van der Waals surface area contributed by atoms with Crippen LogP contribution in [0.1, 0.15) is 32.5 Å². The Morgan fingerprint density at radius 3 is 2.20 bits per heavy atom. The summed E-state index contributed by atoms with van der Waals surface area (Å²) in [6.07, 6.45) is 1.68. The lowest BCUT2D eigenvalue weighted by Crippen LogP contribution is -2.51. The minimum Gasteiger partial charge on any atom is -0.346 e. The zero-order valence-corrected chi connectivity index (χ0v) is 14.7. The zero-order chi connectivity index (χ0) is 18.2. The van der Waals surface area contributed by atoms with Crippen molar-refractivity contribution in [2.75, 3.05) is 5.32 Å². The summed E-state index contributed by atoms with van der Waals surface area (Å²) >= 11 is 0. The molecular weight excluding hydrogens is 316 g/mol. The van der Waals surface area contributed by atoms with Gasteiger partial charge in [0.25, 0.3) is 0 Å². The highest BCUT2D eigenvalue weighted by Gasteiger charge is 2.25. The minimum absolute atomic E-state index is 0.0579. The van der Waals surface area contributed by atoms with Crippen molar-refractivity contribution in [2.45, 2.75) is 32.9 Å². The van der Waals surface area contributed by atoms with E-state index in [0.717, 1.165) is 5.69 Å². The molecule has 0 radical (unpaired) electrons. The summed E-state index contributed by atoms with van der Waals surface area (Å²) in [5, 5.41) is 8.37. The molecule has 0 fully saturated rings. The Kier molecular flexibility index (Phi) is 6.51. The summed E-state index contributed by atoms with van der Waals surface area (Å²) in [6, 6.07) is 13.3. The number of benzene rings is 1. The van der Waals surface area contributed by atoms with Crippen molar-refractivity contribution in [1.82, 2.24) is 15.6 Å². The molecule has 0 aliphatic carbocycles. The van der Waals surface area contributed by atoms with Gasteiger partial charge in [0.05, 0.1) is 11.7 Å². The van der Waals surface area contributed by atoms with Gasteiger partial charge in [-0.1, -0.05) is 38.1 Å². The van der Waals surface area contributed by atoms with Crippen LogP contribution in [0.5, 0.6) is 0 Å². The normalized spacial score (nSPS) is 13.0. The van der Waals surface area contributed by atoms with E-state index in [2.05, 4.69) is 20.9 Å². The standard InChI is InChI=1S/C19H24N4O2/c1-13(2)17(23-19(25)22-15-9-5-4-6-10-15)18(24)21-14(3)16-11-7-8-12-20-16/h4-14,17H,1-3H3,(H,21,24)(H2,22,23,25). The van der Waals surface area contributed by atoms with E-state index < -0.39 is 12.1 Å². The molecule has 0 aliphatic rings. The molecule has 2 rings (SSSR count). The van der Waals surface area contributed by atoms with Crippen LogP contribution in [0, 0.1) is 5.92 Å². The van der Waals surface area contributed by atoms with Crippen molar-refractivity contribution in [2.24, 2.45) is 5.92 Å². The fraction of sp³-hybridized carbons (Fsp3) is 0.316. The average molecular weight is 340 g/mol. The topological polar surface area (TPSA) is 83.1 Å². The number of hydrogen-bond donors (Lipinski definition) is 3. The van der Waals surface area contributed by atoms with E-state index in [-0.39, 0.29) is 17.9 Å². The third-order valence-corrected chi connectivity index (χ3v) is 3.76. The molecule has 1 aromatic carbocycles. The maximum atomic E-state index is 12.6. The Balaban J connectivity index is 1.97. The van der Waals surface area contributed by atoms with Crippen LogP contribution in [0.25, 0.3) is 0 Å². The van der Waals surface area contributed by atoms with Gasteiger partial charge < -0.3 is 16.0 Å². The number of carbonyl (C=O) groups is 2. The lowest BCUT2D eigenvalue weighted by molar-refractivity contribution is -0.124. The lowest BCUT2D eigenvalue weighted by atomic mass is 10.0. The molecule has 0 spiro atoms. The lowest BCUT2D eigenvalue weighted by Gasteiger charge is -2.24. The Labute approximate surface area is 148 Å². The number of amides is 3. The van der Waals surface area contributed by atoms with E-state index in [9.17, 15) is 9.59 Å². The number of anilines is 1. The van der Waals surface area contributed by atoms with Crippen LogP contribution in [-0.4, -0.2) is 23.0 Å². The molecule has 1 heterocycles. The van der Waals surface area contributed by atoms with Crippen molar-refractivity contribution < 1.29 is 9.59 Å². The summed E-state index contributed by atoms with van der Waals surface area (Å²) in [7, 11) is 0. The zero-order valence-electron chi connectivity index (χ0n) is 14.7. The van der Waals surface area contributed by atoms with Crippen molar-refractivity contribution in [3.8, 4) is 0 Å². The maximum absolute atomic E-state index is 12.6. The molecule has 2 unspecified atom stereocenters. The number of urea groups is 1. The molecule has 0 bridgehead atoms. The average Bonchev–Trinajstić information content (AvgIpc) is 2.61. The van der Waals surface area contributed by atoms with Gasteiger partial charge in [0.15, 0.2) is 0 Å². The number of hydrogen-bond acceptors (Lipinski definition) is 3. The summed E-state index contributed by atoms with van der Waals surface area (Å²) < 4.78 is 0. The smallest absolute Gasteiger partial charge is 0.319 e. The SMILES string of the molecule is CC(NC(=O)C(NC(=O)Nc1ccccc1)C(C)C)c1ccccn1. The van der Waals surface area contributed by atoms with Crippen LogP contribution >= 0.6 is 0 Å². The van der Waals surface area contributed by atoms with Gasteiger partial charge in [-0.15, -0.1) is 0 Å². The van der Waals surface area contributed by atoms with Crippen LogP contribution in [0.3, 0.4) is 0 Å². The van der Waals surface area contributed by atoms with E-state index in [1.165, 1.54) is 0 Å². The third-order valence-electron chi connectivity index (χ3n) is 3.76. The van der Waals surface area contributed by atoms with Crippen molar-refractivity contribution in [1.29, 1.82) is 0 Å². The van der Waals surface area contributed by atoms with E-state index in [0.29, 0.717) is 5.69 Å². The summed E-state index contributed by atoms with van der Waals surface area (Å²) in [4.78, 5) is 29.0. The number of aromatic nitrogens is 1. The van der Waals surface area contributed by atoms with E-state index in [1.54, 1.807) is 18.3 Å². The van der Waals surface area contributed by atoms with E-state index in [1.807, 2.05) is 57.2 Å². The maximum Gasteiger partial charge on any atom is 0.319 e. The predicted octanol–water partition coefficient (Wildman–Crippen LogP) is 3.11. The number of nitrogens with zero attached hydrogens (tertiary/aromatic N) is 1. The second-order valence-corrected chi connectivity index (χ2v) is 6.17. The van der Waals surface area contributed by atoms with Crippen molar-refractivity contribution in [3.05, 3.63) is 60.4 Å². The number of pyridine rings is 1. The first kappa shape index (κ1) is 18.4. The van der Waals surface area contributed by atoms with E-state index in [4.69, 9.17) is 0 Å². The molecule has 25 heavy (non-hydrogen) atoms. The fourth-order valence-corrected chi connectivity index (χ4v) is 2.37. The van der Waals surface area contributed by atoms with Gasteiger partial charge in [-0.25, -0.2) is 4.79 Å². The first-order valence-electron chi connectivity index (χ1n) is 8.31. The molecule has 132 valence electrons. The van der Waals surface area contributed by atoms with Gasteiger partial charge in [0.1, 0.15) is 6.04 Å². The van der Waals surface area contributed by atoms with Gasteiger partial charge in [0.2, 0.25) is 5.91 Å². The summed E-state index contributed by atoms with van der Waals surface area (Å²) in [6.45, 7) is 5.64. The highest BCUT2D eigenvalue weighted by atomic mass is 16.2. The quantitative estimate of drug-likeness (QED) is 0.755. The second-order valence-electron chi connectivity index (χ2n) is 6.17. The number of nitrogens with one attached hydrogen (secondary N) is 3. The van der Waals surface area contributed by atoms with Crippen LogP contribution < -0.4 is 16.0 Å². The Hall–Kier alpha value is -2.89. The van der Waals surface area contributed by atoms with Crippen LogP contribution in [-0.2, 0) is 4.79 Å². The van der Waals surface area contributed by atoms with Gasteiger partial charge >= 0.3 is 6.03 Å². The highest BCUT2D eigenvalue weighted by Crippen LogP contribution is 2.11. The molecule has 6 nitrogen and oxygen atoms in total. The van der Waals surface area contributed by atoms with Crippen LogP contribution in [0.2, 0.25) is 0 Å².